The molecule has 1 unspecified atom stereocenters. The Bertz CT molecular complexity index is 316. The first kappa shape index (κ1) is 8.22. The van der Waals surface area contributed by atoms with Crippen molar-refractivity contribution in [2.45, 2.75) is 12.3 Å². The number of imidazole rings is 1. The molecular weight excluding hydrogens is 168 g/mol. The van der Waals surface area contributed by atoms with Crippen LogP contribution in [0.1, 0.15) is 12.3 Å². The van der Waals surface area contributed by atoms with Gasteiger partial charge in [-0.3, -0.25) is 4.55 Å². The van der Waals surface area contributed by atoms with E-state index in [-0.39, 0.29) is 0 Å². The van der Waals surface area contributed by atoms with Crippen LogP contribution in [0.4, 0.5) is 0 Å². The molecule has 1 heterocycles. The van der Waals surface area contributed by atoms with E-state index in [4.69, 9.17) is 4.55 Å². The predicted molar refractivity (Wildman–Crippen MR) is 38.5 cm³/mol. The monoisotopic (exact) mass is 176 g/mol. The summed E-state index contributed by atoms with van der Waals surface area (Å²) in [5.41, 5.74) is 0. The number of nitrogens with zero attached hydrogens (tertiary/aromatic N) is 2. The summed E-state index contributed by atoms with van der Waals surface area (Å²) in [6.45, 7) is 1.37. The van der Waals surface area contributed by atoms with Crippen LogP contribution in [0.5, 0.6) is 0 Å². The summed E-state index contributed by atoms with van der Waals surface area (Å²) in [5, 5.41) is -0.968. The summed E-state index contributed by atoms with van der Waals surface area (Å²) in [7, 11) is -4.00. The SMILES string of the molecule is CC(n1ccnc1)S(=O)(=O)O. The molecule has 0 fully saturated rings. The van der Waals surface area contributed by atoms with Crippen LogP contribution in [0.15, 0.2) is 18.7 Å². The van der Waals surface area contributed by atoms with E-state index in [0.29, 0.717) is 0 Å². The Balaban J connectivity index is 2.97. The Morgan fingerprint density at radius 2 is 2.27 bits per heavy atom. The summed E-state index contributed by atoms with van der Waals surface area (Å²) < 4.78 is 31.0. The summed E-state index contributed by atoms with van der Waals surface area (Å²) >= 11 is 0. The van der Waals surface area contributed by atoms with Gasteiger partial charge in [0.2, 0.25) is 0 Å². The predicted octanol–water partition coefficient (Wildman–Crippen LogP) is 0.289. The van der Waals surface area contributed by atoms with E-state index < -0.39 is 15.5 Å². The molecule has 0 saturated heterocycles. The molecule has 5 nitrogen and oxygen atoms in total. The first-order valence-electron chi connectivity index (χ1n) is 2.95. The van der Waals surface area contributed by atoms with E-state index >= 15 is 0 Å². The van der Waals surface area contributed by atoms with Crippen LogP contribution >= 0.6 is 0 Å². The van der Waals surface area contributed by atoms with Crippen LogP contribution in [0.3, 0.4) is 0 Å². The van der Waals surface area contributed by atoms with Crippen molar-refractivity contribution in [2.24, 2.45) is 0 Å². The maximum atomic E-state index is 10.5. The molecule has 1 N–H and O–H groups in total. The highest BCUT2D eigenvalue weighted by Gasteiger charge is 2.17. The Morgan fingerprint density at radius 1 is 1.64 bits per heavy atom. The Labute approximate surface area is 64.4 Å². The topological polar surface area (TPSA) is 72.2 Å². The first-order valence-corrected chi connectivity index (χ1v) is 4.46. The minimum absolute atomic E-state index is 0.968. The molecule has 11 heavy (non-hydrogen) atoms. The minimum Gasteiger partial charge on any atom is -0.318 e. The van der Waals surface area contributed by atoms with E-state index in [1.54, 1.807) is 0 Å². The third-order valence-corrected chi connectivity index (χ3v) is 2.48. The highest BCUT2D eigenvalue weighted by molar-refractivity contribution is 7.85. The van der Waals surface area contributed by atoms with Gasteiger partial charge in [-0.15, -0.1) is 0 Å². The fourth-order valence-electron chi connectivity index (χ4n) is 0.638. The van der Waals surface area contributed by atoms with Gasteiger partial charge in [-0.05, 0) is 6.92 Å². The lowest BCUT2D eigenvalue weighted by molar-refractivity contribution is 0.452. The van der Waals surface area contributed by atoms with Crippen molar-refractivity contribution >= 4 is 10.1 Å². The zero-order valence-electron chi connectivity index (χ0n) is 5.88. The zero-order valence-corrected chi connectivity index (χ0v) is 6.69. The highest BCUT2D eigenvalue weighted by atomic mass is 32.2. The second-order valence-electron chi connectivity index (χ2n) is 2.12. The second-order valence-corrected chi connectivity index (χ2v) is 3.84. The van der Waals surface area contributed by atoms with Crippen molar-refractivity contribution in [1.29, 1.82) is 0 Å². The van der Waals surface area contributed by atoms with Crippen molar-refractivity contribution in [3.63, 3.8) is 0 Å². The van der Waals surface area contributed by atoms with Crippen LogP contribution in [0.25, 0.3) is 0 Å². The van der Waals surface area contributed by atoms with Crippen LogP contribution in [0, 0.1) is 0 Å². The number of rotatable bonds is 2. The molecule has 1 aromatic heterocycles. The van der Waals surface area contributed by atoms with Gasteiger partial charge >= 0.3 is 0 Å². The van der Waals surface area contributed by atoms with Gasteiger partial charge in [0.05, 0.1) is 6.33 Å². The number of hydrogen-bond acceptors (Lipinski definition) is 3. The average Bonchev–Trinajstić information content (AvgIpc) is 2.34. The lowest BCUT2D eigenvalue weighted by Crippen LogP contribution is -2.14. The minimum atomic E-state index is -4.00. The van der Waals surface area contributed by atoms with Gasteiger partial charge in [0, 0.05) is 12.4 Å². The summed E-state index contributed by atoms with van der Waals surface area (Å²) in [5.74, 6) is 0. The fourth-order valence-corrected chi connectivity index (χ4v) is 1.07. The lowest BCUT2D eigenvalue weighted by Gasteiger charge is -2.07. The number of hydrogen-bond donors (Lipinski definition) is 1. The van der Waals surface area contributed by atoms with Crippen LogP contribution in [-0.4, -0.2) is 22.5 Å². The molecule has 1 atom stereocenters. The van der Waals surface area contributed by atoms with Crippen LogP contribution in [0.2, 0.25) is 0 Å². The van der Waals surface area contributed by atoms with Crippen molar-refractivity contribution in [3.8, 4) is 0 Å². The molecule has 6 heteroatoms. The van der Waals surface area contributed by atoms with Gasteiger partial charge in [-0.1, -0.05) is 0 Å². The largest absolute Gasteiger partial charge is 0.318 e. The molecule has 0 radical (unpaired) electrons. The third kappa shape index (κ3) is 1.78. The molecule has 0 aromatic carbocycles. The summed E-state index contributed by atoms with van der Waals surface area (Å²) in [6.07, 6.45) is 4.25. The molecule has 0 aliphatic rings. The summed E-state index contributed by atoms with van der Waals surface area (Å²) in [4.78, 5) is 3.64. The maximum absolute atomic E-state index is 10.5. The lowest BCUT2D eigenvalue weighted by atomic mass is 10.7. The zero-order chi connectivity index (χ0) is 8.48. The maximum Gasteiger partial charge on any atom is 0.286 e. The molecule has 1 rings (SSSR count). The van der Waals surface area contributed by atoms with Crippen LogP contribution in [-0.2, 0) is 10.1 Å². The van der Waals surface area contributed by atoms with Crippen molar-refractivity contribution in [2.75, 3.05) is 0 Å². The Morgan fingerprint density at radius 3 is 2.64 bits per heavy atom. The molecular formula is C5H8N2O3S. The van der Waals surface area contributed by atoms with E-state index in [1.165, 1.54) is 30.2 Å². The van der Waals surface area contributed by atoms with E-state index in [9.17, 15) is 8.42 Å². The van der Waals surface area contributed by atoms with Crippen molar-refractivity contribution in [3.05, 3.63) is 18.7 Å². The fraction of sp³-hybridized carbons (Fsp3) is 0.400. The van der Waals surface area contributed by atoms with E-state index in [1.807, 2.05) is 0 Å². The third-order valence-electron chi connectivity index (χ3n) is 1.38. The standard InChI is InChI=1S/C5H8N2O3S/c1-5(11(8,9)10)7-3-2-6-4-7/h2-5H,1H3,(H,8,9,10). The van der Waals surface area contributed by atoms with Crippen LogP contribution < -0.4 is 0 Å². The first-order chi connectivity index (χ1) is 5.02. The molecule has 0 amide bonds. The van der Waals surface area contributed by atoms with Crippen molar-refractivity contribution in [1.82, 2.24) is 9.55 Å². The smallest absolute Gasteiger partial charge is 0.286 e. The Hall–Kier alpha value is -0.880. The van der Waals surface area contributed by atoms with Gasteiger partial charge < -0.3 is 4.57 Å². The molecule has 0 aliphatic heterocycles. The average molecular weight is 176 g/mol. The number of aromatic nitrogens is 2. The van der Waals surface area contributed by atoms with Gasteiger partial charge in [0.15, 0.2) is 5.37 Å². The second kappa shape index (κ2) is 2.63. The van der Waals surface area contributed by atoms with E-state index in [2.05, 4.69) is 4.98 Å². The quantitative estimate of drug-likeness (QED) is 0.657. The normalized spacial score (nSPS) is 14.7. The molecule has 62 valence electrons. The molecule has 0 bridgehead atoms. The van der Waals surface area contributed by atoms with Gasteiger partial charge in [0.25, 0.3) is 10.1 Å². The Kier molecular flexibility index (Phi) is 1.97. The molecule has 0 aliphatic carbocycles. The van der Waals surface area contributed by atoms with Gasteiger partial charge in [0.1, 0.15) is 0 Å². The van der Waals surface area contributed by atoms with E-state index in [0.717, 1.165) is 0 Å². The van der Waals surface area contributed by atoms with Gasteiger partial charge in [-0.2, -0.15) is 8.42 Å². The molecule has 1 aromatic rings. The molecule has 0 spiro atoms. The highest BCUT2D eigenvalue weighted by Crippen LogP contribution is 2.10. The molecule has 0 saturated carbocycles. The van der Waals surface area contributed by atoms with Crippen molar-refractivity contribution < 1.29 is 13.0 Å². The summed E-state index contributed by atoms with van der Waals surface area (Å²) in [6, 6.07) is 0. The van der Waals surface area contributed by atoms with Gasteiger partial charge in [-0.25, -0.2) is 4.98 Å².